The number of hydrogen-bond acceptors (Lipinski definition) is 3. The van der Waals surface area contributed by atoms with E-state index in [1.807, 2.05) is 43.9 Å². The number of nitrogens with one attached hydrogen (secondary N) is 1. The maximum atomic E-state index is 12.3. The predicted molar refractivity (Wildman–Crippen MR) is 104 cm³/mol. The van der Waals surface area contributed by atoms with E-state index in [1.54, 1.807) is 0 Å². The minimum Gasteiger partial charge on any atom is -0.444 e. The van der Waals surface area contributed by atoms with Crippen molar-refractivity contribution in [3.63, 3.8) is 0 Å². The number of hydrogen-bond donors (Lipinski definition) is 1. The van der Waals surface area contributed by atoms with Gasteiger partial charge in [0.15, 0.2) is 0 Å². The molecule has 2 aliphatic rings. The van der Waals surface area contributed by atoms with Gasteiger partial charge in [-0.05, 0) is 69.0 Å². The van der Waals surface area contributed by atoms with Crippen LogP contribution in [0.25, 0.3) is 10.9 Å². The van der Waals surface area contributed by atoms with Crippen molar-refractivity contribution >= 4 is 17.0 Å². The number of fused-ring (bicyclic) bond motifs is 1. The van der Waals surface area contributed by atoms with Gasteiger partial charge in [0.25, 0.3) is 0 Å². The predicted octanol–water partition coefficient (Wildman–Crippen LogP) is 4.72. The third-order valence-corrected chi connectivity index (χ3v) is 6.46. The molecular formula is C22H27N3O2. The average molecular weight is 365 g/mol. The molecule has 1 saturated heterocycles. The number of carbonyl (C=O) groups is 1. The van der Waals surface area contributed by atoms with Gasteiger partial charge in [-0.3, -0.25) is 0 Å². The van der Waals surface area contributed by atoms with Gasteiger partial charge in [0.05, 0.1) is 11.6 Å². The lowest BCUT2D eigenvalue weighted by molar-refractivity contribution is 0.0162. The number of rotatable bonds is 1. The first-order chi connectivity index (χ1) is 12.7. The van der Waals surface area contributed by atoms with Crippen LogP contribution in [-0.2, 0) is 10.2 Å². The highest BCUT2D eigenvalue weighted by atomic mass is 16.6. The molecule has 1 N–H and O–H groups in total. The molecule has 1 aromatic heterocycles. The summed E-state index contributed by atoms with van der Waals surface area (Å²) in [4.78, 5) is 17.7. The lowest BCUT2D eigenvalue weighted by atomic mass is 9.83. The molecule has 142 valence electrons. The number of aromatic nitrogens is 1. The number of nitriles is 1. The minimum absolute atomic E-state index is 0.110. The van der Waals surface area contributed by atoms with Crippen molar-refractivity contribution in [3.05, 3.63) is 35.5 Å². The number of H-pyrrole nitrogens is 1. The summed E-state index contributed by atoms with van der Waals surface area (Å²) in [6, 6.07) is 10.2. The van der Waals surface area contributed by atoms with E-state index in [-0.39, 0.29) is 16.9 Å². The number of ether oxygens (including phenoxy) is 1. The van der Waals surface area contributed by atoms with Crippen LogP contribution < -0.4 is 0 Å². The van der Waals surface area contributed by atoms with E-state index in [0.717, 1.165) is 43.3 Å². The molecule has 5 nitrogen and oxygen atoms in total. The van der Waals surface area contributed by atoms with Crippen molar-refractivity contribution in [2.24, 2.45) is 5.41 Å². The average Bonchev–Trinajstić information content (AvgIpc) is 2.99. The van der Waals surface area contributed by atoms with Crippen molar-refractivity contribution in [1.29, 1.82) is 5.26 Å². The van der Waals surface area contributed by atoms with Gasteiger partial charge < -0.3 is 14.6 Å². The van der Waals surface area contributed by atoms with Crippen molar-refractivity contribution < 1.29 is 9.53 Å². The van der Waals surface area contributed by atoms with Gasteiger partial charge in [-0.1, -0.05) is 13.0 Å². The van der Waals surface area contributed by atoms with E-state index in [1.165, 1.54) is 5.69 Å². The summed E-state index contributed by atoms with van der Waals surface area (Å²) in [5, 5.41) is 10.3. The zero-order valence-electron chi connectivity index (χ0n) is 16.6. The summed E-state index contributed by atoms with van der Waals surface area (Å²) < 4.78 is 5.52. The SMILES string of the molecule is CC(C)(C)OC(=O)N1CCC2(CC1)C[C@@]2(C)c1cc2ccc(C#N)cc2[nH]1. The standard InChI is InChI=1S/C22H27N3O2/c1-20(2,3)27-19(26)25-9-7-22(8-10-25)14-21(22,4)18-12-16-6-5-15(13-23)11-17(16)24-18/h5-6,11-12,24H,7-10,14H2,1-4H3/t21-/m0/s1. The molecule has 5 heteroatoms. The first-order valence-corrected chi connectivity index (χ1v) is 9.67. The Hall–Kier alpha value is -2.48. The zero-order chi connectivity index (χ0) is 19.4. The molecule has 27 heavy (non-hydrogen) atoms. The first kappa shape index (κ1) is 17.9. The van der Waals surface area contributed by atoms with Gasteiger partial charge in [-0.2, -0.15) is 5.26 Å². The van der Waals surface area contributed by atoms with Gasteiger partial charge in [0, 0.05) is 29.7 Å². The van der Waals surface area contributed by atoms with Crippen LogP contribution in [0.15, 0.2) is 24.3 Å². The van der Waals surface area contributed by atoms with Crippen LogP contribution in [0.1, 0.15) is 58.2 Å². The summed E-state index contributed by atoms with van der Waals surface area (Å²) >= 11 is 0. The summed E-state index contributed by atoms with van der Waals surface area (Å²) in [6.45, 7) is 9.55. The fourth-order valence-corrected chi connectivity index (χ4v) is 4.68. The fourth-order valence-electron chi connectivity index (χ4n) is 4.68. The van der Waals surface area contributed by atoms with Gasteiger partial charge in [0.2, 0.25) is 0 Å². The third kappa shape index (κ3) is 2.97. The third-order valence-electron chi connectivity index (χ3n) is 6.46. The molecule has 1 amide bonds. The zero-order valence-corrected chi connectivity index (χ0v) is 16.6. The Kier molecular flexibility index (Phi) is 3.82. The molecule has 4 rings (SSSR count). The van der Waals surface area contributed by atoms with E-state index in [9.17, 15) is 4.79 Å². The van der Waals surface area contributed by atoms with Crippen molar-refractivity contribution in [2.45, 2.75) is 58.0 Å². The number of piperidine rings is 1. The number of carbonyl (C=O) groups excluding carboxylic acids is 1. The van der Waals surface area contributed by atoms with Crippen LogP contribution in [-0.4, -0.2) is 34.7 Å². The Morgan fingerprint density at radius 2 is 1.96 bits per heavy atom. The van der Waals surface area contributed by atoms with Crippen LogP contribution in [0, 0.1) is 16.7 Å². The normalized spacial score (nSPS) is 24.0. The van der Waals surface area contributed by atoms with E-state index in [0.29, 0.717) is 5.56 Å². The Bertz CT molecular complexity index is 939. The van der Waals surface area contributed by atoms with E-state index in [2.05, 4.69) is 24.0 Å². The van der Waals surface area contributed by atoms with Crippen LogP contribution >= 0.6 is 0 Å². The monoisotopic (exact) mass is 365 g/mol. The van der Waals surface area contributed by atoms with Gasteiger partial charge in [-0.15, -0.1) is 0 Å². The highest BCUT2D eigenvalue weighted by Crippen LogP contribution is 2.69. The highest BCUT2D eigenvalue weighted by Gasteiger charge is 2.65. The molecule has 1 saturated carbocycles. The van der Waals surface area contributed by atoms with Gasteiger partial charge in [-0.25, -0.2) is 4.79 Å². The summed E-state index contributed by atoms with van der Waals surface area (Å²) in [6.07, 6.45) is 2.94. The molecule has 1 atom stereocenters. The van der Waals surface area contributed by atoms with Gasteiger partial charge >= 0.3 is 6.09 Å². The lowest BCUT2D eigenvalue weighted by Gasteiger charge is -2.35. The maximum Gasteiger partial charge on any atom is 0.410 e. The van der Waals surface area contributed by atoms with Crippen LogP contribution in [0.3, 0.4) is 0 Å². The quantitative estimate of drug-likeness (QED) is 0.795. The molecule has 2 fully saturated rings. The number of aromatic amines is 1. The molecule has 0 radical (unpaired) electrons. The number of likely N-dealkylation sites (tertiary alicyclic amines) is 1. The van der Waals surface area contributed by atoms with Crippen molar-refractivity contribution in [3.8, 4) is 6.07 Å². The van der Waals surface area contributed by atoms with E-state index in [4.69, 9.17) is 10.00 Å². The second-order valence-electron chi connectivity index (χ2n) is 9.35. The van der Waals surface area contributed by atoms with Crippen molar-refractivity contribution in [2.75, 3.05) is 13.1 Å². The maximum absolute atomic E-state index is 12.3. The molecule has 0 bridgehead atoms. The Labute approximate surface area is 160 Å². The lowest BCUT2D eigenvalue weighted by Crippen LogP contribution is -2.43. The van der Waals surface area contributed by atoms with Crippen LogP contribution in [0.5, 0.6) is 0 Å². The molecule has 1 aromatic carbocycles. The Balaban J connectivity index is 1.49. The largest absolute Gasteiger partial charge is 0.444 e. The van der Waals surface area contributed by atoms with E-state index >= 15 is 0 Å². The Morgan fingerprint density at radius 3 is 2.59 bits per heavy atom. The molecular weight excluding hydrogens is 338 g/mol. The first-order valence-electron chi connectivity index (χ1n) is 9.67. The highest BCUT2D eigenvalue weighted by molar-refractivity contribution is 5.82. The van der Waals surface area contributed by atoms with Crippen LogP contribution in [0.4, 0.5) is 4.79 Å². The number of nitrogens with zero attached hydrogens (tertiary/aromatic N) is 2. The van der Waals surface area contributed by atoms with Gasteiger partial charge in [0.1, 0.15) is 5.60 Å². The second-order valence-corrected chi connectivity index (χ2v) is 9.35. The van der Waals surface area contributed by atoms with Crippen molar-refractivity contribution in [1.82, 2.24) is 9.88 Å². The molecule has 2 aromatic rings. The molecule has 2 heterocycles. The van der Waals surface area contributed by atoms with E-state index < -0.39 is 5.60 Å². The fraction of sp³-hybridized carbons (Fsp3) is 0.545. The molecule has 1 spiro atoms. The second kappa shape index (κ2) is 5.76. The molecule has 0 unspecified atom stereocenters. The molecule has 1 aliphatic heterocycles. The number of amides is 1. The summed E-state index contributed by atoms with van der Waals surface area (Å²) in [5.41, 5.74) is 2.87. The summed E-state index contributed by atoms with van der Waals surface area (Å²) in [7, 11) is 0. The smallest absolute Gasteiger partial charge is 0.410 e. The minimum atomic E-state index is -0.451. The van der Waals surface area contributed by atoms with Crippen LogP contribution in [0.2, 0.25) is 0 Å². The Morgan fingerprint density at radius 1 is 1.26 bits per heavy atom. The number of benzene rings is 1. The topological polar surface area (TPSA) is 69.1 Å². The molecule has 1 aliphatic carbocycles. The summed E-state index contributed by atoms with van der Waals surface area (Å²) in [5.74, 6) is 0.